The molecule has 0 heterocycles. The third kappa shape index (κ3) is 2.57. The van der Waals surface area contributed by atoms with E-state index in [4.69, 9.17) is 5.73 Å². The van der Waals surface area contributed by atoms with E-state index in [0.717, 1.165) is 12.1 Å². The molecule has 3 heteroatoms. The molecule has 0 radical (unpaired) electrons. The Morgan fingerprint density at radius 3 is 3.00 bits per heavy atom. The summed E-state index contributed by atoms with van der Waals surface area (Å²) in [5.74, 6) is 0.585. The van der Waals surface area contributed by atoms with Gasteiger partial charge in [-0.15, -0.1) is 11.8 Å². The third-order valence-corrected chi connectivity index (χ3v) is 3.92. The molecular formula is C9H12INS. The summed E-state index contributed by atoms with van der Waals surface area (Å²) in [6.07, 6.45) is 5.14. The van der Waals surface area contributed by atoms with E-state index in [2.05, 4.69) is 41.5 Å². The monoisotopic (exact) mass is 293 g/mol. The van der Waals surface area contributed by atoms with Gasteiger partial charge in [0.05, 0.1) is 5.70 Å². The van der Waals surface area contributed by atoms with Crippen LogP contribution in [0.3, 0.4) is 0 Å². The molecule has 66 valence electrons. The standard InChI is InChI=1S/C9H12INS/c1-6-3-8(12-2)4-7(11)5-9(6)10/h5-6H,3,11H2,1-2H3. The Balaban J connectivity index is 3.02. The van der Waals surface area contributed by atoms with E-state index in [1.807, 2.05) is 6.08 Å². The van der Waals surface area contributed by atoms with Crippen molar-refractivity contribution in [3.63, 3.8) is 0 Å². The molecule has 1 aliphatic carbocycles. The second-order valence-corrected chi connectivity index (χ2v) is 4.99. The SMILES string of the molecule is CSC1=C=C(N)C=C(I)C(C)C1. The van der Waals surface area contributed by atoms with Crippen LogP contribution in [0.15, 0.2) is 26.0 Å². The van der Waals surface area contributed by atoms with Crippen LogP contribution in [-0.2, 0) is 0 Å². The van der Waals surface area contributed by atoms with E-state index in [0.29, 0.717) is 5.92 Å². The first-order valence-electron chi connectivity index (χ1n) is 3.80. The van der Waals surface area contributed by atoms with Gasteiger partial charge < -0.3 is 5.73 Å². The van der Waals surface area contributed by atoms with Crippen molar-refractivity contribution < 1.29 is 0 Å². The molecule has 0 aromatic carbocycles. The highest BCUT2D eigenvalue weighted by molar-refractivity contribution is 14.1. The quantitative estimate of drug-likeness (QED) is 0.594. The summed E-state index contributed by atoms with van der Waals surface area (Å²) < 4.78 is 1.32. The van der Waals surface area contributed by atoms with Crippen molar-refractivity contribution in [3.05, 3.63) is 26.0 Å². The van der Waals surface area contributed by atoms with Gasteiger partial charge in [-0.25, -0.2) is 0 Å². The molecule has 1 unspecified atom stereocenters. The molecule has 0 bridgehead atoms. The first-order chi connectivity index (χ1) is 5.63. The maximum absolute atomic E-state index is 5.74. The van der Waals surface area contributed by atoms with Crippen LogP contribution >= 0.6 is 34.4 Å². The molecule has 1 nitrogen and oxygen atoms in total. The molecule has 0 saturated heterocycles. The van der Waals surface area contributed by atoms with Crippen LogP contribution in [0.2, 0.25) is 0 Å². The number of hydrogen-bond donors (Lipinski definition) is 1. The van der Waals surface area contributed by atoms with Gasteiger partial charge in [0.25, 0.3) is 0 Å². The Kier molecular flexibility index (Phi) is 3.75. The largest absolute Gasteiger partial charge is 0.392 e. The predicted molar refractivity (Wildman–Crippen MR) is 64.1 cm³/mol. The van der Waals surface area contributed by atoms with Crippen molar-refractivity contribution in [2.75, 3.05) is 6.26 Å². The molecule has 0 aromatic heterocycles. The lowest BCUT2D eigenvalue weighted by Crippen LogP contribution is -1.94. The zero-order valence-corrected chi connectivity index (χ0v) is 10.2. The van der Waals surface area contributed by atoms with E-state index >= 15 is 0 Å². The van der Waals surface area contributed by atoms with E-state index in [9.17, 15) is 0 Å². The summed E-state index contributed by atoms with van der Waals surface area (Å²) in [7, 11) is 0. The summed E-state index contributed by atoms with van der Waals surface area (Å²) in [5, 5.41) is 0. The fraction of sp³-hybridized carbons (Fsp3) is 0.444. The highest BCUT2D eigenvalue weighted by Crippen LogP contribution is 2.30. The highest BCUT2D eigenvalue weighted by atomic mass is 127. The van der Waals surface area contributed by atoms with Crippen LogP contribution in [0, 0.1) is 5.92 Å². The first-order valence-corrected chi connectivity index (χ1v) is 6.10. The van der Waals surface area contributed by atoms with Gasteiger partial charge in [0.2, 0.25) is 0 Å². The number of nitrogens with two attached hydrogens (primary N) is 1. The van der Waals surface area contributed by atoms with Crippen molar-refractivity contribution in [2.45, 2.75) is 13.3 Å². The summed E-state index contributed by atoms with van der Waals surface area (Å²) in [4.78, 5) is 1.25. The van der Waals surface area contributed by atoms with Crippen LogP contribution in [-0.4, -0.2) is 6.26 Å². The van der Waals surface area contributed by atoms with Gasteiger partial charge in [-0.3, -0.25) is 0 Å². The lowest BCUT2D eigenvalue weighted by Gasteiger charge is -2.08. The van der Waals surface area contributed by atoms with Gasteiger partial charge in [-0.2, -0.15) is 0 Å². The predicted octanol–water partition coefficient (Wildman–Crippen LogP) is 3.03. The number of hydrogen-bond acceptors (Lipinski definition) is 2. The molecule has 0 aromatic rings. The van der Waals surface area contributed by atoms with Gasteiger partial charge >= 0.3 is 0 Å². The first kappa shape index (κ1) is 10.2. The van der Waals surface area contributed by atoms with Gasteiger partial charge in [-0.05, 0) is 50.8 Å². The molecule has 0 spiro atoms. The average molecular weight is 293 g/mol. The Bertz CT molecular complexity index is 274. The fourth-order valence-electron chi connectivity index (χ4n) is 1.05. The molecular weight excluding hydrogens is 281 g/mol. The molecule has 1 aliphatic rings. The minimum Gasteiger partial charge on any atom is -0.392 e. The van der Waals surface area contributed by atoms with Crippen LogP contribution in [0.4, 0.5) is 0 Å². The number of allylic oxidation sites excluding steroid dienone is 2. The molecule has 0 amide bonds. The van der Waals surface area contributed by atoms with E-state index in [1.165, 1.54) is 8.48 Å². The molecule has 0 aliphatic heterocycles. The van der Waals surface area contributed by atoms with E-state index in [-0.39, 0.29) is 0 Å². The Morgan fingerprint density at radius 2 is 2.42 bits per heavy atom. The maximum atomic E-state index is 5.74. The summed E-state index contributed by atoms with van der Waals surface area (Å²) in [6.45, 7) is 2.22. The van der Waals surface area contributed by atoms with Crippen LogP contribution < -0.4 is 5.73 Å². The van der Waals surface area contributed by atoms with Crippen molar-refractivity contribution in [2.24, 2.45) is 11.7 Å². The zero-order valence-electron chi connectivity index (χ0n) is 7.23. The minimum atomic E-state index is 0.585. The topological polar surface area (TPSA) is 26.0 Å². The van der Waals surface area contributed by atoms with Gasteiger partial charge in [0.15, 0.2) is 0 Å². The number of rotatable bonds is 1. The average Bonchev–Trinajstić information content (AvgIpc) is 2.12. The second-order valence-electron chi connectivity index (χ2n) is 2.84. The smallest absolute Gasteiger partial charge is 0.0762 e. The molecule has 1 rings (SSSR count). The Morgan fingerprint density at radius 1 is 1.75 bits per heavy atom. The fourth-order valence-corrected chi connectivity index (χ4v) is 2.24. The van der Waals surface area contributed by atoms with Crippen LogP contribution in [0.25, 0.3) is 0 Å². The van der Waals surface area contributed by atoms with Crippen LogP contribution in [0.5, 0.6) is 0 Å². The van der Waals surface area contributed by atoms with Crippen molar-refractivity contribution in [3.8, 4) is 0 Å². The lowest BCUT2D eigenvalue weighted by molar-refractivity contribution is 0.735. The third-order valence-electron chi connectivity index (χ3n) is 1.79. The van der Waals surface area contributed by atoms with E-state index in [1.54, 1.807) is 11.8 Å². The van der Waals surface area contributed by atoms with Gasteiger partial charge in [0, 0.05) is 4.91 Å². The molecule has 2 N–H and O–H groups in total. The molecule has 12 heavy (non-hydrogen) atoms. The zero-order chi connectivity index (χ0) is 9.14. The molecule has 1 atom stereocenters. The molecule has 0 saturated carbocycles. The van der Waals surface area contributed by atoms with Crippen molar-refractivity contribution in [1.82, 2.24) is 0 Å². The summed E-state index contributed by atoms with van der Waals surface area (Å²) >= 11 is 4.08. The van der Waals surface area contributed by atoms with E-state index < -0.39 is 0 Å². The number of halogens is 1. The van der Waals surface area contributed by atoms with Gasteiger partial charge in [0.1, 0.15) is 0 Å². The molecule has 0 fully saturated rings. The van der Waals surface area contributed by atoms with Crippen LogP contribution in [0.1, 0.15) is 13.3 Å². The normalized spacial score (nSPS) is 23.9. The van der Waals surface area contributed by atoms with Gasteiger partial charge in [-0.1, -0.05) is 12.7 Å². The summed E-state index contributed by atoms with van der Waals surface area (Å²) in [5.41, 5.74) is 9.68. The highest BCUT2D eigenvalue weighted by Gasteiger charge is 2.11. The maximum Gasteiger partial charge on any atom is 0.0762 e. The lowest BCUT2D eigenvalue weighted by atomic mass is 10.1. The minimum absolute atomic E-state index is 0.585. The summed E-state index contributed by atoms with van der Waals surface area (Å²) in [6, 6.07) is 0. The second kappa shape index (κ2) is 4.40. The number of thioether (sulfide) groups is 1. The van der Waals surface area contributed by atoms with Crippen molar-refractivity contribution >= 4 is 34.4 Å². The Labute approximate surface area is 91.3 Å². The van der Waals surface area contributed by atoms with Crippen molar-refractivity contribution in [1.29, 1.82) is 0 Å². The Hall–Kier alpha value is 0.140.